The van der Waals surface area contributed by atoms with Crippen molar-refractivity contribution in [3.8, 4) is 0 Å². The highest BCUT2D eigenvalue weighted by molar-refractivity contribution is 8.00. The Morgan fingerprint density at radius 2 is 2.06 bits per heavy atom. The zero-order chi connectivity index (χ0) is 13.1. The number of carbonyl (C=O) groups is 1. The first-order valence-electron chi connectivity index (χ1n) is 4.75. The molecular weight excluding hydrogens is 273 g/mol. The second-order valence-electron chi connectivity index (χ2n) is 3.51. The number of alkyl halides is 4. The van der Waals surface area contributed by atoms with Crippen molar-refractivity contribution in [2.24, 2.45) is 0 Å². The molecular formula is C11H10ClF3OS. The van der Waals surface area contributed by atoms with Gasteiger partial charge in [-0.15, -0.1) is 11.6 Å². The monoisotopic (exact) mass is 282 g/mol. The standard InChI is InChI=1S/C11H10ClF3OS/c1-7-2-3-10(17-11(13,14)15)8(4-7)5-9(16)6-12/h2-4H,5-6H2,1H3. The molecule has 1 nitrogen and oxygen atoms in total. The third kappa shape index (κ3) is 5.00. The predicted octanol–water partition coefficient (Wildman–Crippen LogP) is 3.96. The molecule has 17 heavy (non-hydrogen) atoms. The number of ketones is 1. The molecule has 0 heterocycles. The van der Waals surface area contributed by atoms with Gasteiger partial charge in [0.1, 0.15) is 0 Å². The molecule has 0 saturated carbocycles. The van der Waals surface area contributed by atoms with Crippen LogP contribution >= 0.6 is 23.4 Å². The molecule has 6 heteroatoms. The van der Waals surface area contributed by atoms with Crippen molar-refractivity contribution in [1.82, 2.24) is 0 Å². The molecule has 1 aromatic carbocycles. The van der Waals surface area contributed by atoms with Crippen LogP contribution in [0.4, 0.5) is 13.2 Å². The molecule has 1 aromatic rings. The highest BCUT2D eigenvalue weighted by Gasteiger charge is 2.30. The number of aryl methyl sites for hydroxylation is 1. The number of Topliss-reactive ketones (excluding diaryl/α,β-unsaturated/α-hetero) is 1. The van der Waals surface area contributed by atoms with Crippen molar-refractivity contribution in [3.05, 3.63) is 29.3 Å². The summed E-state index contributed by atoms with van der Waals surface area (Å²) in [5.74, 6) is -0.481. The summed E-state index contributed by atoms with van der Waals surface area (Å²) >= 11 is 5.14. The fourth-order valence-electron chi connectivity index (χ4n) is 1.33. The summed E-state index contributed by atoms with van der Waals surface area (Å²) in [7, 11) is 0. The van der Waals surface area contributed by atoms with E-state index < -0.39 is 5.51 Å². The lowest BCUT2D eigenvalue weighted by atomic mass is 10.1. The van der Waals surface area contributed by atoms with E-state index in [9.17, 15) is 18.0 Å². The van der Waals surface area contributed by atoms with Crippen LogP contribution in [-0.2, 0) is 11.2 Å². The van der Waals surface area contributed by atoms with Crippen molar-refractivity contribution in [2.45, 2.75) is 23.7 Å². The van der Waals surface area contributed by atoms with Gasteiger partial charge in [-0.2, -0.15) is 13.2 Å². The number of hydrogen-bond donors (Lipinski definition) is 0. The number of halogens is 4. The van der Waals surface area contributed by atoms with Crippen molar-refractivity contribution in [3.63, 3.8) is 0 Å². The highest BCUT2D eigenvalue weighted by Crippen LogP contribution is 2.38. The SMILES string of the molecule is Cc1ccc(SC(F)(F)F)c(CC(=O)CCl)c1. The largest absolute Gasteiger partial charge is 0.446 e. The average Bonchev–Trinajstić information content (AvgIpc) is 2.20. The molecule has 0 aliphatic rings. The molecule has 0 spiro atoms. The van der Waals surface area contributed by atoms with Crippen molar-refractivity contribution < 1.29 is 18.0 Å². The quantitative estimate of drug-likeness (QED) is 0.614. The minimum absolute atomic E-state index is 0.0570. The highest BCUT2D eigenvalue weighted by atomic mass is 35.5. The summed E-state index contributed by atoms with van der Waals surface area (Å²) in [4.78, 5) is 11.2. The maximum atomic E-state index is 12.3. The second-order valence-corrected chi connectivity index (χ2v) is 4.88. The van der Waals surface area contributed by atoms with Gasteiger partial charge < -0.3 is 0 Å². The molecule has 94 valence electrons. The summed E-state index contributed by atoms with van der Waals surface area (Å²) in [6.07, 6.45) is -0.0659. The van der Waals surface area contributed by atoms with E-state index in [2.05, 4.69) is 0 Å². The average molecular weight is 283 g/mol. The van der Waals surface area contributed by atoms with E-state index in [1.54, 1.807) is 19.1 Å². The van der Waals surface area contributed by atoms with Gasteiger partial charge in [0, 0.05) is 11.3 Å². The minimum Gasteiger partial charge on any atom is -0.298 e. The molecule has 0 N–H and O–H groups in total. The van der Waals surface area contributed by atoms with Crippen LogP contribution < -0.4 is 0 Å². The molecule has 0 amide bonds. The summed E-state index contributed by atoms with van der Waals surface area (Å²) in [5.41, 5.74) is -3.17. The van der Waals surface area contributed by atoms with Gasteiger partial charge in [-0.05, 0) is 30.3 Å². The number of benzene rings is 1. The van der Waals surface area contributed by atoms with Gasteiger partial charge >= 0.3 is 5.51 Å². The topological polar surface area (TPSA) is 17.1 Å². The molecule has 0 aromatic heterocycles. The van der Waals surface area contributed by atoms with Crippen LogP contribution in [0.15, 0.2) is 23.1 Å². The van der Waals surface area contributed by atoms with Gasteiger partial charge in [-0.3, -0.25) is 4.79 Å². The fourth-order valence-corrected chi connectivity index (χ4v) is 2.07. The van der Waals surface area contributed by atoms with E-state index in [4.69, 9.17) is 11.6 Å². The van der Waals surface area contributed by atoms with E-state index in [1.807, 2.05) is 0 Å². The smallest absolute Gasteiger partial charge is 0.298 e. The van der Waals surface area contributed by atoms with E-state index >= 15 is 0 Å². The molecule has 0 atom stereocenters. The van der Waals surface area contributed by atoms with Crippen LogP contribution in [-0.4, -0.2) is 17.2 Å². The maximum absolute atomic E-state index is 12.3. The number of carbonyl (C=O) groups excluding carboxylic acids is 1. The normalized spacial score (nSPS) is 11.6. The van der Waals surface area contributed by atoms with Gasteiger partial charge in [0.25, 0.3) is 0 Å². The van der Waals surface area contributed by atoms with Gasteiger partial charge in [0.2, 0.25) is 0 Å². The Bertz CT molecular complexity index is 418. The van der Waals surface area contributed by atoms with Gasteiger partial charge in [0.05, 0.1) is 5.88 Å². The minimum atomic E-state index is -4.35. The number of hydrogen-bond acceptors (Lipinski definition) is 2. The first kappa shape index (κ1) is 14.4. The Kier molecular flexibility index (Phi) is 4.89. The van der Waals surface area contributed by atoms with E-state index in [0.29, 0.717) is 5.56 Å². The Hall–Kier alpha value is -0.680. The third-order valence-corrected chi connectivity index (χ3v) is 3.13. The first-order chi connectivity index (χ1) is 7.81. The lowest BCUT2D eigenvalue weighted by molar-refractivity contribution is -0.116. The molecule has 0 fully saturated rings. The predicted molar refractivity (Wildman–Crippen MR) is 62.5 cm³/mol. The van der Waals surface area contributed by atoms with Crippen LogP contribution in [0, 0.1) is 6.92 Å². The van der Waals surface area contributed by atoms with Gasteiger partial charge in [-0.1, -0.05) is 17.7 Å². The molecule has 0 bridgehead atoms. The summed E-state index contributed by atoms with van der Waals surface area (Å²) in [6, 6.07) is 4.55. The number of thioether (sulfide) groups is 1. The molecule has 0 radical (unpaired) electrons. The molecule has 0 aliphatic heterocycles. The van der Waals surface area contributed by atoms with Crippen molar-refractivity contribution in [1.29, 1.82) is 0 Å². The Morgan fingerprint density at radius 1 is 1.41 bits per heavy atom. The van der Waals surface area contributed by atoms with Crippen molar-refractivity contribution in [2.75, 3.05) is 5.88 Å². The van der Waals surface area contributed by atoms with E-state index in [0.717, 1.165) is 5.56 Å². The maximum Gasteiger partial charge on any atom is 0.446 e. The zero-order valence-corrected chi connectivity index (χ0v) is 10.5. The van der Waals surface area contributed by atoms with Crippen molar-refractivity contribution >= 4 is 29.1 Å². The van der Waals surface area contributed by atoms with E-state index in [1.165, 1.54) is 6.07 Å². The number of rotatable bonds is 4. The van der Waals surface area contributed by atoms with Crippen LogP contribution in [0.5, 0.6) is 0 Å². The van der Waals surface area contributed by atoms with Gasteiger partial charge in [0.15, 0.2) is 5.78 Å². The van der Waals surface area contributed by atoms with Crippen LogP contribution in [0.2, 0.25) is 0 Å². The zero-order valence-electron chi connectivity index (χ0n) is 8.97. The Morgan fingerprint density at radius 3 is 2.59 bits per heavy atom. The molecule has 0 saturated heterocycles. The van der Waals surface area contributed by atoms with Gasteiger partial charge in [-0.25, -0.2) is 0 Å². The summed E-state index contributed by atoms with van der Waals surface area (Å²) in [5, 5.41) is 0. The third-order valence-electron chi connectivity index (χ3n) is 1.98. The summed E-state index contributed by atoms with van der Waals surface area (Å²) in [6.45, 7) is 1.76. The fraction of sp³-hybridized carbons (Fsp3) is 0.364. The molecule has 0 aliphatic carbocycles. The second kappa shape index (κ2) is 5.78. The Balaban J connectivity index is 2.99. The van der Waals surface area contributed by atoms with E-state index in [-0.39, 0.29) is 34.7 Å². The van der Waals surface area contributed by atoms with Crippen LogP contribution in [0.3, 0.4) is 0 Å². The van der Waals surface area contributed by atoms with Crippen LogP contribution in [0.1, 0.15) is 11.1 Å². The first-order valence-corrected chi connectivity index (χ1v) is 6.10. The molecule has 1 rings (SSSR count). The Labute approximate surface area is 106 Å². The lowest BCUT2D eigenvalue weighted by Gasteiger charge is -2.11. The molecule has 0 unspecified atom stereocenters. The van der Waals surface area contributed by atoms with Crippen LogP contribution in [0.25, 0.3) is 0 Å². The summed E-state index contributed by atoms with van der Waals surface area (Å²) < 4.78 is 36.9. The lowest BCUT2D eigenvalue weighted by Crippen LogP contribution is -2.07.